The zero-order valence-electron chi connectivity index (χ0n) is 11.5. The van der Waals surface area contributed by atoms with Gasteiger partial charge in [0.1, 0.15) is 5.82 Å². The van der Waals surface area contributed by atoms with Gasteiger partial charge in [-0.25, -0.2) is 4.98 Å². The lowest BCUT2D eigenvalue weighted by Crippen LogP contribution is -2.39. The van der Waals surface area contributed by atoms with Gasteiger partial charge in [0.05, 0.1) is 17.6 Å². The number of aromatic nitrogens is 2. The van der Waals surface area contributed by atoms with E-state index in [9.17, 15) is 0 Å². The lowest BCUT2D eigenvalue weighted by atomic mass is 10.1. The lowest BCUT2D eigenvalue weighted by molar-refractivity contribution is 0.199. The Morgan fingerprint density at radius 2 is 2.00 bits per heavy atom. The van der Waals surface area contributed by atoms with Crippen molar-refractivity contribution in [3.63, 3.8) is 0 Å². The zero-order valence-corrected chi connectivity index (χ0v) is 11.5. The van der Waals surface area contributed by atoms with Crippen LogP contribution in [0.25, 0.3) is 11.0 Å². The first-order chi connectivity index (χ1) is 9.28. The molecule has 0 spiro atoms. The maximum Gasteiger partial charge on any atom is 0.124 e. The van der Waals surface area contributed by atoms with Crippen LogP contribution in [0.4, 0.5) is 0 Å². The molecule has 102 valence electrons. The number of nitrogens with two attached hydrogens (primary N) is 1. The number of fused-ring (bicyclic) bond motifs is 1. The third-order valence-electron chi connectivity index (χ3n) is 4.05. The maximum absolute atomic E-state index is 5.96. The number of piperidine rings is 1. The van der Waals surface area contributed by atoms with E-state index in [0.717, 1.165) is 44.5 Å². The molecule has 0 saturated carbocycles. The van der Waals surface area contributed by atoms with Crippen LogP contribution in [-0.4, -0.2) is 33.6 Å². The molecule has 4 nitrogen and oxygen atoms in total. The summed E-state index contributed by atoms with van der Waals surface area (Å²) < 4.78 is 2.32. The Morgan fingerprint density at radius 1 is 1.26 bits per heavy atom. The van der Waals surface area contributed by atoms with Gasteiger partial charge in [-0.1, -0.05) is 12.1 Å². The number of rotatable bonds is 3. The summed E-state index contributed by atoms with van der Waals surface area (Å²) in [4.78, 5) is 7.26. The van der Waals surface area contributed by atoms with Gasteiger partial charge in [0.2, 0.25) is 0 Å². The van der Waals surface area contributed by atoms with Crippen LogP contribution >= 0.6 is 0 Å². The first-order valence-electron chi connectivity index (χ1n) is 7.20. The van der Waals surface area contributed by atoms with Crippen molar-refractivity contribution in [3.8, 4) is 0 Å². The molecule has 0 aliphatic carbocycles. The predicted molar refractivity (Wildman–Crippen MR) is 77.9 cm³/mol. The highest BCUT2D eigenvalue weighted by Crippen LogP contribution is 2.18. The van der Waals surface area contributed by atoms with Gasteiger partial charge >= 0.3 is 0 Å². The van der Waals surface area contributed by atoms with E-state index in [2.05, 4.69) is 40.7 Å². The number of hydrogen-bond acceptors (Lipinski definition) is 3. The van der Waals surface area contributed by atoms with E-state index in [1.54, 1.807) is 0 Å². The second kappa shape index (κ2) is 5.31. The topological polar surface area (TPSA) is 47.1 Å². The molecule has 2 heterocycles. The Labute approximate surface area is 114 Å². The van der Waals surface area contributed by atoms with Crippen molar-refractivity contribution in [1.29, 1.82) is 0 Å². The fourth-order valence-electron chi connectivity index (χ4n) is 2.91. The summed E-state index contributed by atoms with van der Waals surface area (Å²) in [5.74, 6) is 1.18. The van der Waals surface area contributed by atoms with E-state index in [1.807, 2.05) is 0 Å². The summed E-state index contributed by atoms with van der Waals surface area (Å²) in [5, 5.41) is 0. The van der Waals surface area contributed by atoms with E-state index in [4.69, 9.17) is 10.7 Å². The van der Waals surface area contributed by atoms with Crippen LogP contribution in [0, 0.1) is 0 Å². The van der Waals surface area contributed by atoms with Gasteiger partial charge in [-0.05, 0) is 31.9 Å². The molecule has 19 heavy (non-hydrogen) atoms. The van der Waals surface area contributed by atoms with Crippen molar-refractivity contribution in [2.45, 2.75) is 38.9 Å². The normalized spacial score (nSPS) is 18.2. The molecule has 1 saturated heterocycles. The van der Waals surface area contributed by atoms with Gasteiger partial charge in [-0.2, -0.15) is 0 Å². The Hall–Kier alpha value is -1.39. The minimum Gasteiger partial charge on any atom is -0.328 e. The number of imidazole rings is 1. The van der Waals surface area contributed by atoms with Crippen molar-refractivity contribution in [1.82, 2.24) is 14.5 Å². The molecule has 3 rings (SSSR count). The molecule has 0 radical (unpaired) electrons. The highest BCUT2D eigenvalue weighted by atomic mass is 15.2. The zero-order chi connectivity index (χ0) is 13.2. The Morgan fingerprint density at radius 3 is 2.74 bits per heavy atom. The molecule has 2 aromatic rings. The molecule has 1 aromatic carbocycles. The van der Waals surface area contributed by atoms with Gasteiger partial charge in [0.25, 0.3) is 0 Å². The molecule has 0 unspecified atom stereocenters. The van der Waals surface area contributed by atoms with E-state index < -0.39 is 0 Å². The summed E-state index contributed by atoms with van der Waals surface area (Å²) in [6.07, 6.45) is 2.21. The first kappa shape index (κ1) is 12.6. The van der Waals surface area contributed by atoms with Crippen LogP contribution in [0.3, 0.4) is 0 Å². The van der Waals surface area contributed by atoms with Crippen LogP contribution in [0.5, 0.6) is 0 Å². The maximum atomic E-state index is 5.96. The minimum atomic E-state index is 0.390. The average Bonchev–Trinajstić information content (AvgIpc) is 2.78. The van der Waals surface area contributed by atoms with Crippen molar-refractivity contribution in [2.24, 2.45) is 5.73 Å². The smallest absolute Gasteiger partial charge is 0.124 e. The molecular weight excluding hydrogens is 236 g/mol. The SMILES string of the molecule is CCn1c(CN2CCC(N)CC2)nc2ccccc21. The number of likely N-dealkylation sites (tertiary alicyclic amines) is 1. The molecule has 4 heteroatoms. The van der Waals surface area contributed by atoms with Crippen molar-refractivity contribution < 1.29 is 0 Å². The summed E-state index contributed by atoms with van der Waals surface area (Å²) in [6, 6.07) is 8.78. The molecule has 0 bridgehead atoms. The second-order valence-corrected chi connectivity index (χ2v) is 5.37. The molecule has 0 atom stereocenters. The van der Waals surface area contributed by atoms with E-state index in [0.29, 0.717) is 6.04 Å². The number of aryl methyl sites for hydroxylation is 1. The monoisotopic (exact) mass is 258 g/mol. The highest BCUT2D eigenvalue weighted by Gasteiger charge is 2.18. The number of hydrogen-bond donors (Lipinski definition) is 1. The molecule has 0 amide bonds. The van der Waals surface area contributed by atoms with Gasteiger partial charge in [-0.3, -0.25) is 4.90 Å². The molecule has 1 fully saturated rings. The van der Waals surface area contributed by atoms with Crippen LogP contribution in [0.1, 0.15) is 25.6 Å². The Kier molecular flexibility index (Phi) is 3.53. The fraction of sp³-hybridized carbons (Fsp3) is 0.533. The third kappa shape index (κ3) is 2.51. The fourth-order valence-corrected chi connectivity index (χ4v) is 2.91. The summed E-state index contributed by atoms with van der Waals surface area (Å²) >= 11 is 0. The quantitative estimate of drug-likeness (QED) is 0.915. The number of nitrogens with zero attached hydrogens (tertiary/aromatic N) is 3. The Balaban J connectivity index is 1.84. The molecule has 2 N–H and O–H groups in total. The van der Waals surface area contributed by atoms with Crippen LogP contribution in [0.2, 0.25) is 0 Å². The Bertz CT molecular complexity index is 552. The minimum absolute atomic E-state index is 0.390. The largest absolute Gasteiger partial charge is 0.328 e. The molecular formula is C15H22N4. The van der Waals surface area contributed by atoms with Gasteiger partial charge in [-0.15, -0.1) is 0 Å². The molecule has 1 aliphatic rings. The van der Waals surface area contributed by atoms with E-state index in [-0.39, 0.29) is 0 Å². The molecule has 1 aromatic heterocycles. The first-order valence-corrected chi connectivity index (χ1v) is 7.20. The van der Waals surface area contributed by atoms with Crippen LogP contribution in [-0.2, 0) is 13.1 Å². The average molecular weight is 258 g/mol. The standard InChI is InChI=1S/C15H22N4/c1-2-19-14-6-4-3-5-13(14)17-15(19)11-18-9-7-12(16)8-10-18/h3-6,12H,2,7-11,16H2,1H3. The van der Waals surface area contributed by atoms with Crippen molar-refractivity contribution in [3.05, 3.63) is 30.1 Å². The van der Waals surface area contributed by atoms with Crippen LogP contribution in [0.15, 0.2) is 24.3 Å². The van der Waals surface area contributed by atoms with Gasteiger partial charge in [0.15, 0.2) is 0 Å². The summed E-state index contributed by atoms with van der Waals surface area (Å²) in [5.41, 5.74) is 8.31. The van der Waals surface area contributed by atoms with Crippen LogP contribution < -0.4 is 5.73 Å². The predicted octanol–water partition coefficient (Wildman–Crippen LogP) is 1.98. The molecule has 1 aliphatic heterocycles. The van der Waals surface area contributed by atoms with E-state index in [1.165, 1.54) is 11.3 Å². The third-order valence-corrected chi connectivity index (χ3v) is 4.05. The summed E-state index contributed by atoms with van der Waals surface area (Å²) in [7, 11) is 0. The number of para-hydroxylation sites is 2. The number of benzene rings is 1. The van der Waals surface area contributed by atoms with E-state index >= 15 is 0 Å². The van der Waals surface area contributed by atoms with Crippen molar-refractivity contribution >= 4 is 11.0 Å². The van der Waals surface area contributed by atoms with Gasteiger partial charge in [0, 0.05) is 25.7 Å². The van der Waals surface area contributed by atoms with Gasteiger partial charge < -0.3 is 10.3 Å². The highest BCUT2D eigenvalue weighted by molar-refractivity contribution is 5.75. The second-order valence-electron chi connectivity index (χ2n) is 5.37. The summed E-state index contributed by atoms with van der Waals surface area (Å²) in [6.45, 7) is 6.28. The lowest BCUT2D eigenvalue weighted by Gasteiger charge is -2.29. The van der Waals surface area contributed by atoms with Crippen molar-refractivity contribution in [2.75, 3.05) is 13.1 Å².